The van der Waals surface area contributed by atoms with E-state index in [-0.39, 0.29) is 11.9 Å². The van der Waals surface area contributed by atoms with Gasteiger partial charge < -0.3 is 15.0 Å². The van der Waals surface area contributed by atoms with Gasteiger partial charge in [-0.05, 0) is 44.5 Å². The first-order valence-electron chi connectivity index (χ1n) is 11.6. The van der Waals surface area contributed by atoms with Crippen molar-refractivity contribution in [2.45, 2.75) is 33.4 Å². The summed E-state index contributed by atoms with van der Waals surface area (Å²) in [6.45, 7) is 6.64. The van der Waals surface area contributed by atoms with Crippen LogP contribution in [0, 0.1) is 6.92 Å². The number of nitrogens with one attached hydrogen (secondary N) is 1. The molecule has 1 amide bonds. The molecule has 0 spiro atoms. The summed E-state index contributed by atoms with van der Waals surface area (Å²) in [5.74, 6) is 0.742. The Labute approximate surface area is 215 Å². The molecule has 2 aromatic heterocycles. The van der Waals surface area contributed by atoms with Gasteiger partial charge in [0, 0.05) is 37.0 Å². The highest BCUT2D eigenvalue weighted by atomic mass is 35.5. The number of benzene rings is 2. The lowest BCUT2D eigenvalue weighted by Crippen LogP contribution is -2.26. The van der Waals surface area contributed by atoms with Crippen molar-refractivity contribution in [1.82, 2.24) is 24.6 Å². The molecule has 0 saturated heterocycles. The number of rotatable bonds is 8. The number of ether oxygens (including phenoxy) is 1. The fourth-order valence-electron chi connectivity index (χ4n) is 3.80. The second kappa shape index (κ2) is 10.8. The lowest BCUT2D eigenvalue weighted by atomic mass is 10.1. The smallest absolute Gasteiger partial charge is 0.254 e. The van der Waals surface area contributed by atoms with Crippen LogP contribution in [-0.2, 0) is 6.54 Å². The molecule has 8 nitrogen and oxygen atoms in total. The number of anilines is 2. The van der Waals surface area contributed by atoms with Gasteiger partial charge in [0.05, 0.1) is 35.9 Å². The molecular formula is C27H29ClN6O2. The number of halogens is 1. The maximum Gasteiger partial charge on any atom is 0.254 e. The summed E-state index contributed by atoms with van der Waals surface area (Å²) in [5, 5.41) is 7.96. The molecule has 0 bridgehead atoms. The van der Waals surface area contributed by atoms with Gasteiger partial charge in [-0.3, -0.25) is 9.48 Å². The van der Waals surface area contributed by atoms with E-state index in [9.17, 15) is 4.79 Å². The monoisotopic (exact) mass is 504 g/mol. The van der Waals surface area contributed by atoms with Crippen LogP contribution < -0.4 is 10.1 Å². The quantitative estimate of drug-likeness (QED) is 0.321. The van der Waals surface area contributed by atoms with Crippen molar-refractivity contribution in [1.29, 1.82) is 0 Å². The Balaban J connectivity index is 1.54. The summed E-state index contributed by atoms with van der Waals surface area (Å²) in [6, 6.07) is 13.6. The molecule has 0 aliphatic rings. The number of aromatic nitrogens is 4. The molecule has 2 aromatic carbocycles. The molecule has 0 unspecified atom stereocenters. The second-order valence-corrected chi connectivity index (χ2v) is 9.29. The van der Waals surface area contributed by atoms with Crippen molar-refractivity contribution in [3.63, 3.8) is 0 Å². The Morgan fingerprint density at radius 3 is 2.69 bits per heavy atom. The molecule has 4 aromatic rings. The minimum atomic E-state index is -0.103. The molecule has 1 N–H and O–H groups in total. The average Bonchev–Trinajstić information content (AvgIpc) is 3.35. The van der Waals surface area contributed by atoms with Crippen molar-refractivity contribution >= 4 is 29.1 Å². The SMILES string of the molecule is COc1cc(C(=O)N(C)Cc2cccc(C)c2)ccc1Nc1ncc(Cl)c(-c2cnn(C(C)C)c2)n1. The van der Waals surface area contributed by atoms with E-state index in [0.29, 0.717) is 40.2 Å². The van der Waals surface area contributed by atoms with Crippen LogP contribution in [0.25, 0.3) is 11.3 Å². The highest BCUT2D eigenvalue weighted by molar-refractivity contribution is 6.32. The molecule has 2 heterocycles. The minimum Gasteiger partial charge on any atom is -0.495 e. The van der Waals surface area contributed by atoms with E-state index in [2.05, 4.69) is 26.4 Å². The van der Waals surface area contributed by atoms with E-state index in [1.807, 2.05) is 49.8 Å². The van der Waals surface area contributed by atoms with Gasteiger partial charge >= 0.3 is 0 Å². The fourth-order valence-corrected chi connectivity index (χ4v) is 4.00. The summed E-state index contributed by atoms with van der Waals surface area (Å²) < 4.78 is 7.41. The standard InChI is InChI=1S/C27H29ClN6O2/c1-17(2)34-16-21(13-30-34)25-22(28)14-29-27(32-25)31-23-10-9-20(12-24(23)36-5)26(35)33(4)15-19-8-6-7-18(3)11-19/h6-14,16-17H,15H2,1-5H3,(H,29,31,32). The van der Waals surface area contributed by atoms with Gasteiger partial charge in [0.1, 0.15) is 5.75 Å². The minimum absolute atomic E-state index is 0.103. The lowest BCUT2D eigenvalue weighted by molar-refractivity contribution is 0.0784. The molecule has 0 saturated carbocycles. The van der Waals surface area contributed by atoms with Gasteiger partial charge in [0.2, 0.25) is 5.95 Å². The molecule has 0 atom stereocenters. The number of hydrogen-bond donors (Lipinski definition) is 1. The largest absolute Gasteiger partial charge is 0.495 e. The van der Waals surface area contributed by atoms with Crippen LogP contribution in [0.3, 0.4) is 0 Å². The van der Waals surface area contributed by atoms with Gasteiger partial charge in [-0.25, -0.2) is 9.97 Å². The molecule has 0 aliphatic heterocycles. The predicted octanol–water partition coefficient (Wildman–Crippen LogP) is 5.91. The van der Waals surface area contributed by atoms with E-state index in [4.69, 9.17) is 16.3 Å². The van der Waals surface area contributed by atoms with Crippen LogP contribution in [0.5, 0.6) is 5.75 Å². The number of carbonyl (C=O) groups excluding carboxylic acids is 1. The van der Waals surface area contributed by atoms with Crippen LogP contribution in [0.2, 0.25) is 5.02 Å². The molecule has 36 heavy (non-hydrogen) atoms. The zero-order chi connectivity index (χ0) is 25.8. The predicted molar refractivity (Wildman–Crippen MR) is 142 cm³/mol. The third kappa shape index (κ3) is 5.66. The summed E-state index contributed by atoms with van der Waals surface area (Å²) in [5.41, 5.74) is 4.75. The van der Waals surface area contributed by atoms with E-state index in [1.54, 1.807) is 49.7 Å². The lowest BCUT2D eigenvalue weighted by Gasteiger charge is -2.19. The molecule has 0 radical (unpaired) electrons. The maximum absolute atomic E-state index is 13.1. The highest BCUT2D eigenvalue weighted by Gasteiger charge is 2.17. The van der Waals surface area contributed by atoms with Crippen molar-refractivity contribution in [3.8, 4) is 17.0 Å². The van der Waals surface area contributed by atoms with Crippen LogP contribution in [-0.4, -0.2) is 44.7 Å². The molecule has 0 fully saturated rings. The third-order valence-electron chi connectivity index (χ3n) is 5.69. The Morgan fingerprint density at radius 2 is 2.00 bits per heavy atom. The first-order chi connectivity index (χ1) is 17.2. The Hall–Kier alpha value is -3.91. The molecule has 0 aliphatic carbocycles. The molecule has 9 heteroatoms. The van der Waals surface area contributed by atoms with Gasteiger partial charge in [-0.15, -0.1) is 0 Å². The van der Waals surface area contributed by atoms with Crippen molar-refractivity contribution in [2.75, 3.05) is 19.5 Å². The van der Waals surface area contributed by atoms with Gasteiger partial charge in [0.25, 0.3) is 5.91 Å². The average molecular weight is 505 g/mol. The fraction of sp³-hybridized carbons (Fsp3) is 0.259. The van der Waals surface area contributed by atoms with Crippen LogP contribution in [0.15, 0.2) is 61.1 Å². The topological polar surface area (TPSA) is 85.2 Å². The number of nitrogens with zero attached hydrogens (tertiary/aromatic N) is 5. The zero-order valence-electron chi connectivity index (χ0n) is 21.0. The van der Waals surface area contributed by atoms with Crippen molar-refractivity contribution in [3.05, 3.63) is 82.8 Å². The van der Waals surface area contributed by atoms with Crippen molar-refractivity contribution < 1.29 is 9.53 Å². The Kier molecular flexibility index (Phi) is 7.55. The number of methoxy groups -OCH3 is 1. The van der Waals surface area contributed by atoms with Crippen LogP contribution in [0.1, 0.15) is 41.4 Å². The van der Waals surface area contributed by atoms with Gasteiger partial charge in [-0.1, -0.05) is 41.4 Å². The molecule has 186 valence electrons. The summed E-state index contributed by atoms with van der Waals surface area (Å²) in [7, 11) is 3.34. The summed E-state index contributed by atoms with van der Waals surface area (Å²) >= 11 is 6.38. The highest BCUT2D eigenvalue weighted by Crippen LogP contribution is 2.31. The Morgan fingerprint density at radius 1 is 1.19 bits per heavy atom. The maximum atomic E-state index is 13.1. The number of aryl methyl sites for hydroxylation is 1. The first kappa shape index (κ1) is 25.2. The third-order valence-corrected chi connectivity index (χ3v) is 5.97. The van der Waals surface area contributed by atoms with E-state index < -0.39 is 0 Å². The number of carbonyl (C=O) groups is 1. The van der Waals surface area contributed by atoms with Gasteiger partial charge in [0.15, 0.2) is 0 Å². The second-order valence-electron chi connectivity index (χ2n) is 8.88. The van der Waals surface area contributed by atoms with E-state index in [1.165, 1.54) is 0 Å². The van der Waals surface area contributed by atoms with Crippen LogP contribution in [0.4, 0.5) is 11.6 Å². The number of hydrogen-bond acceptors (Lipinski definition) is 6. The molecular weight excluding hydrogens is 476 g/mol. The Bertz CT molecular complexity index is 1380. The summed E-state index contributed by atoms with van der Waals surface area (Å²) in [6.07, 6.45) is 5.17. The summed E-state index contributed by atoms with van der Waals surface area (Å²) in [4.78, 5) is 23.6. The van der Waals surface area contributed by atoms with Crippen molar-refractivity contribution in [2.24, 2.45) is 0 Å². The molecule has 4 rings (SSSR count). The van der Waals surface area contributed by atoms with Gasteiger partial charge in [-0.2, -0.15) is 5.10 Å². The zero-order valence-corrected chi connectivity index (χ0v) is 21.7. The van der Waals surface area contributed by atoms with E-state index in [0.717, 1.165) is 16.7 Å². The number of amides is 1. The van der Waals surface area contributed by atoms with Crippen LogP contribution >= 0.6 is 11.6 Å². The normalized spacial score (nSPS) is 11.0. The first-order valence-corrected chi connectivity index (χ1v) is 12.0. The van der Waals surface area contributed by atoms with E-state index >= 15 is 0 Å².